The van der Waals surface area contributed by atoms with Crippen LogP contribution in [0, 0.1) is 28.6 Å². The van der Waals surface area contributed by atoms with Crippen LogP contribution >= 0.6 is 0 Å². The summed E-state index contributed by atoms with van der Waals surface area (Å²) in [5, 5.41) is 20.4. The van der Waals surface area contributed by atoms with Crippen LogP contribution in [0.3, 0.4) is 0 Å². The van der Waals surface area contributed by atoms with E-state index in [1.54, 1.807) is 13.0 Å². The molecule has 0 aliphatic heterocycles. The second kappa shape index (κ2) is 5.59. The molecule has 0 spiro atoms. The summed E-state index contributed by atoms with van der Waals surface area (Å²) in [5.74, 6) is -0.984. The number of carbonyl (C=O) groups excluding carboxylic acids is 2. The van der Waals surface area contributed by atoms with E-state index in [0.29, 0.717) is 19.3 Å². The first kappa shape index (κ1) is 18.1. The Kier molecular flexibility index (Phi) is 3.88. The molecule has 4 aliphatic carbocycles. The minimum atomic E-state index is -1.84. The molecule has 0 aromatic carbocycles. The fourth-order valence-corrected chi connectivity index (χ4v) is 6.85. The van der Waals surface area contributed by atoms with Gasteiger partial charge in [-0.05, 0) is 62.5 Å². The minimum absolute atomic E-state index is 0.000744. The Morgan fingerprint density at radius 3 is 2.69 bits per heavy atom. The fraction of sp³-hybridized carbons (Fsp3) is 0.714. The third-order valence-electron chi connectivity index (χ3n) is 8.18. The number of aliphatic hydroxyl groups excluding tert-OH is 2. The molecule has 0 saturated heterocycles. The lowest BCUT2D eigenvalue weighted by atomic mass is 9.45. The Morgan fingerprint density at radius 2 is 2.00 bits per heavy atom. The quantitative estimate of drug-likeness (QED) is 0.792. The molecular weight excluding hydrogens is 335 g/mol. The predicted octanol–water partition coefficient (Wildman–Crippen LogP) is 2.53. The van der Waals surface area contributed by atoms with Gasteiger partial charge in [0.2, 0.25) is 0 Å². The molecule has 0 heterocycles. The summed E-state index contributed by atoms with van der Waals surface area (Å²) in [5.41, 5.74) is -2.53. The summed E-state index contributed by atoms with van der Waals surface area (Å²) in [6, 6.07) is 0. The number of hydrogen-bond donors (Lipinski definition) is 2. The Labute approximate surface area is 153 Å². The molecule has 0 amide bonds. The van der Waals surface area contributed by atoms with Gasteiger partial charge in [-0.3, -0.25) is 9.59 Å². The van der Waals surface area contributed by atoms with Crippen molar-refractivity contribution in [2.75, 3.05) is 6.61 Å². The van der Waals surface area contributed by atoms with Gasteiger partial charge in [-0.2, -0.15) is 0 Å². The van der Waals surface area contributed by atoms with Crippen LogP contribution in [0.1, 0.15) is 46.0 Å². The van der Waals surface area contributed by atoms with Gasteiger partial charge in [-0.25, -0.2) is 4.39 Å². The highest BCUT2D eigenvalue weighted by atomic mass is 19.1. The van der Waals surface area contributed by atoms with E-state index >= 15 is 4.39 Å². The van der Waals surface area contributed by atoms with Crippen molar-refractivity contribution in [1.29, 1.82) is 0 Å². The standard InChI is InChI=1S/C21H27FO4/c1-19-10-18(26)21(22)15(14(19)5-6-16(19)17(25)11-23)4-3-12-9-13(24)7-8-20(12,21)2/h7-9,14-16,18,23,26H,3-6,10-11H2,1-2H3/t14?,15?,16?,18?,19-,20?,21-/m0/s1. The normalized spacial score (nSPS) is 49.9. The first-order chi connectivity index (χ1) is 12.2. The Morgan fingerprint density at radius 1 is 1.27 bits per heavy atom. The Bertz CT molecular complexity index is 728. The first-order valence-corrected chi connectivity index (χ1v) is 9.63. The molecule has 4 rings (SSSR count). The molecule has 0 aromatic rings. The third kappa shape index (κ3) is 2.02. The van der Waals surface area contributed by atoms with E-state index in [-0.39, 0.29) is 35.7 Å². The largest absolute Gasteiger partial charge is 0.390 e. The molecule has 7 atom stereocenters. The summed E-state index contributed by atoms with van der Waals surface area (Å²) in [7, 11) is 0. The van der Waals surface area contributed by atoms with E-state index in [9.17, 15) is 19.8 Å². The van der Waals surface area contributed by atoms with Gasteiger partial charge in [-0.1, -0.05) is 18.6 Å². The molecular formula is C21H27FO4. The molecule has 142 valence electrons. The average Bonchev–Trinajstić information content (AvgIpc) is 2.93. The van der Waals surface area contributed by atoms with E-state index < -0.39 is 29.2 Å². The van der Waals surface area contributed by atoms with E-state index in [1.807, 2.05) is 6.92 Å². The molecule has 0 aromatic heterocycles. The lowest BCUT2D eigenvalue weighted by Gasteiger charge is -2.62. The maximum atomic E-state index is 16.7. The maximum Gasteiger partial charge on any atom is 0.178 e. The highest BCUT2D eigenvalue weighted by Crippen LogP contribution is 2.68. The van der Waals surface area contributed by atoms with Crippen LogP contribution in [0.25, 0.3) is 0 Å². The SMILES string of the molecule is CC12C=CC(=O)C=C1CCC1C3CCC(C(=O)CO)[C@@]3(C)CC(O)[C@@]12F. The minimum Gasteiger partial charge on any atom is -0.390 e. The second-order valence-electron chi connectivity index (χ2n) is 9.11. The highest BCUT2D eigenvalue weighted by molar-refractivity contribution is 6.01. The third-order valence-corrected chi connectivity index (χ3v) is 8.18. The van der Waals surface area contributed by atoms with Gasteiger partial charge in [0, 0.05) is 17.3 Å². The van der Waals surface area contributed by atoms with Crippen molar-refractivity contribution in [1.82, 2.24) is 0 Å². The van der Waals surface area contributed by atoms with E-state index in [1.165, 1.54) is 12.2 Å². The summed E-state index contributed by atoms with van der Waals surface area (Å²) < 4.78 is 16.7. The van der Waals surface area contributed by atoms with Crippen molar-refractivity contribution in [2.45, 2.75) is 57.7 Å². The van der Waals surface area contributed by atoms with Crippen molar-refractivity contribution < 1.29 is 24.2 Å². The molecule has 2 N–H and O–H groups in total. The predicted molar refractivity (Wildman–Crippen MR) is 93.9 cm³/mol. The van der Waals surface area contributed by atoms with Crippen LogP contribution in [0.4, 0.5) is 4.39 Å². The number of halogens is 1. The van der Waals surface area contributed by atoms with Gasteiger partial charge >= 0.3 is 0 Å². The van der Waals surface area contributed by atoms with Gasteiger partial charge in [0.15, 0.2) is 17.2 Å². The van der Waals surface area contributed by atoms with Gasteiger partial charge < -0.3 is 10.2 Å². The summed E-state index contributed by atoms with van der Waals surface area (Å²) in [4.78, 5) is 24.0. The van der Waals surface area contributed by atoms with E-state index in [4.69, 9.17) is 0 Å². The van der Waals surface area contributed by atoms with Crippen molar-refractivity contribution in [3.63, 3.8) is 0 Å². The number of carbonyl (C=O) groups is 2. The highest BCUT2D eigenvalue weighted by Gasteiger charge is 2.70. The van der Waals surface area contributed by atoms with Crippen molar-refractivity contribution in [2.24, 2.45) is 28.6 Å². The summed E-state index contributed by atoms with van der Waals surface area (Å²) >= 11 is 0. The zero-order valence-corrected chi connectivity index (χ0v) is 15.4. The number of ketones is 2. The number of allylic oxidation sites excluding steroid dienone is 4. The Hall–Kier alpha value is -1.33. The molecule has 4 nitrogen and oxygen atoms in total. The van der Waals surface area contributed by atoms with Gasteiger partial charge in [0.05, 0.1) is 6.10 Å². The van der Waals surface area contributed by atoms with Crippen LogP contribution in [-0.2, 0) is 9.59 Å². The molecule has 0 bridgehead atoms. The average molecular weight is 362 g/mol. The van der Waals surface area contributed by atoms with E-state index in [2.05, 4.69) is 0 Å². The van der Waals surface area contributed by atoms with Gasteiger partial charge in [0.1, 0.15) is 6.61 Å². The molecule has 0 radical (unpaired) electrons. The molecule has 5 unspecified atom stereocenters. The van der Waals surface area contributed by atoms with Crippen LogP contribution in [0.15, 0.2) is 23.8 Å². The van der Waals surface area contributed by atoms with Gasteiger partial charge in [-0.15, -0.1) is 0 Å². The smallest absolute Gasteiger partial charge is 0.178 e. The zero-order chi connectivity index (χ0) is 18.9. The van der Waals surface area contributed by atoms with Crippen LogP contribution < -0.4 is 0 Å². The molecule has 26 heavy (non-hydrogen) atoms. The number of fused-ring (bicyclic) bond motifs is 5. The van der Waals surface area contributed by atoms with Crippen molar-refractivity contribution >= 4 is 11.6 Å². The lowest BCUT2D eigenvalue weighted by molar-refractivity contribution is -0.195. The fourth-order valence-electron chi connectivity index (χ4n) is 6.85. The summed E-state index contributed by atoms with van der Waals surface area (Å²) in [6.45, 7) is 3.29. The number of aliphatic hydroxyl groups is 2. The molecule has 5 heteroatoms. The monoisotopic (exact) mass is 362 g/mol. The van der Waals surface area contributed by atoms with Gasteiger partial charge in [0.25, 0.3) is 0 Å². The van der Waals surface area contributed by atoms with Crippen LogP contribution in [0.2, 0.25) is 0 Å². The molecule has 4 aliphatic rings. The topological polar surface area (TPSA) is 74.6 Å². The lowest BCUT2D eigenvalue weighted by Crippen LogP contribution is -2.66. The first-order valence-electron chi connectivity index (χ1n) is 9.63. The molecule has 3 saturated carbocycles. The number of Topliss-reactive ketones (excluding diaryl/α,β-unsaturated/α-hetero) is 1. The second-order valence-corrected chi connectivity index (χ2v) is 9.11. The van der Waals surface area contributed by atoms with Crippen LogP contribution in [-0.4, -0.2) is 40.2 Å². The summed E-state index contributed by atoms with van der Waals surface area (Å²) in [6.07, 6.45) is 6.22. The maximum absolute atomic E-state index is 16.7. The van der Waals surface area contributed by atoms with Crippen LogP contribution in [0.5, 0.6) is 0 Å². The molecule has 3 fully saturated rings. The van der Waals surface area contributed by atoms with E-state index in [0.717, 1.165) is 12.0 Å². The number of rotatable bonds is 2. The number of alkyl halides is 1. The number of hydrogen-bond acceptors (Lipinski definition) is 4. The van der Waals surface area contributed by atoms with Crippen molar-refractivity contribution in [3.05, 3.63) is 23.8 Å². The zero-order valence-electron chi connectivity index (χ0n) is 15.4. The van der Waals surface area contributed by atoms with Crippen molar-refractivity contribution in [3.8, 4) is 0 Å². The Balaban J connectivity index is 1.78.